The second kappa shape index (κ2) is 5.68. The third-order valence-corrected chi connectivity index (χ3v) is 4.21. The van der Waals surface area contributed by atoms with Crippen molar-refractivity contribution in [3.05, 3.63) is 83.7 Å². The molecule has 1 aliphatic heterocycles. The molecule has 0 bridgehead atoms. The zero-order valence-corrected chi connectivity index (χ0v) is 12.5. The molecule has 3 heterocycles. The van der Waals surface area contributed by atoms with Gasteiger partial charge in [0.2, 0.25) is 0 Å². The number of nitrogens with one attached hydrogen (secondary N) is 1. The summed E-state index contributed by atoms with van der Waals surface area (Å²) in [6, 6.07) is 13.5. The maximum Gasteiger partial charge on any atom is 0.256 e. The van der Waals surface area contributed by atoms with E-state index >= 15 is 0 Å². The van der Waals surface area contributed by atoms with Crippen molar-refractivity contribution in [1.82, 2.24) is 19.9 Å². The molecule has 2 aromatic heterocycles. The van der Waals surface area contributed by atoms with Crippen molar-refractivity contribution >= 4 is 5.91 Å². The molecule has 1 aromatic carbocycles. The number of amides is 1. The molecular weight excluding hydrogens is 288 g/mol. The number of aromatic nitrogens is 3. The molecule has 5 heteroatoms. The standard InChI is InChI=1S/C18H16N4O/c23-18(14-7-4-9-19-11-14)22-10-8-15-16(21-12-20-15)17(22)13-5-2-1-3-6-13/h1-7,9,11-12,17H,8,10H2,(H,20,21). The number of pyridine rings is 1. The van der Waals surface area contributed by atoms with Crippen LogP contribution in [0.25, 0.3) is 0 Å². The largest absolute Gasteiger partial charge is 0.348 e. The van der Waals surface area contributed by atoms with Crippen LogP contribution in [0, 0.1) is 0 Å². The highest BCUT2D eigenvalue weighted by Gasteiger charge is 2.34. The van der Waals surface area contributed by atoms with Crippen molar-refractivity contribution in [2.24, 2.45) is 0 Å². The van der Waals surface area contributed by atoms with Crippen LogP contribution in [0.3, 0.4) is 0 Å². The van der Waals surface area contributed by atoms with Gasteiger partial charge in [-0.05, 0) is 17.7 Å². The van der Waals surface area contributed by atoms with Crippen molar-refractivity contribution in [3.8, 4) is 0 Å². The van der Waals surface area contributed by atoms with E-state index in [9.17, 15) is 4.79 Å². The van der Waals surface area contributed by atoms with E-state index in [1.165, 1.54) is 0 Å². The van der Waals surface area contributed by atoms with Gasteiger partial charge in [0.15, 0.2) is 0 Å². The lowest BCUT2D eigenvalue weighted by Crippen LogP contribution is -2.40. The highest BCUT2D eigenvalue weighted by molar-refractivity contribution is 5.94. The number of carbonyl (C=O) groups is 1. The molecule has 0 fully saturated rings. The maximum atomic E-state index is 13.0. The second-order valence-electron chi connectivity index (χ2n) is 5.57. The fourth-order valence-corrected chi connectivity index (χ4v) is 3.12. The Hall–Kier alpha value is -2.95. The number of carbonyl (C=O) groups excluding carboxylic acids is 1. The first-order chi connectivity index (χ1) is 11.3. The van der Waals surface area contributed by atoms with Crippen molar-refractivity contribution in [1.29, 1.82) is 0 Å². The molecule has 1 N–H and O–H groups in total. The Morgan fingerprint density at radius 3 is 2.83 bits per heavy atom. The predicted molar refractivity (Wildman–Crippen MR) is 85.9 cm³/mol. The zero-order chi connectivity index (χ0) is 15.6. The number of nitrogens with zero attached hydrogens (tertiary/aromatic N) is 3. The third kappa shape index (κ3) is 2.40. The van der Waals surface area contributed by atoms with E-state index in [0.29, 0.717) is 12.1 Å². The summed E-state index contributed by atoms with van der Waals surface area (Å²) in [5.41, 5.74) is 3.71. The Morgan fingerprint density at radius 2 is 2.04 bits per heavy atom. The molecule has 4 rings (SSSR count). The summed E-state index contributed by atoms with van der Waals surface area (Å²) in [6.45, 7) is 0.655. The number of fused-ring (bicyclic) bond motifs is 1. The molecular formula is C18H16N4O. The van der Waals surface area contributed by atoms with Gasteiger partial charge in [0, 0.05) is 31.1 Å². The molecule has 1 amide bonds. The predicted octanol–water partition coefficient (Wildman–Crippen LogP) is 2.59. The first-order valence-electron chi connectivity index (χ1n) is 7.62. The summed E-state index contributed by atoms with van der Waals surface area (Å²) in [4.78, 5) is 26.6. The van der Waals surface area contributed by atoms with Crippen LogP contribution >= 0.6 is 0 Å². The SMILES string of the molecule is O=C(c1cccnc1)N1CCc2[nH]cnc2C1c1ccccc1. The van der Waals surface area contributed by atoms with E-state index in [2.05, 4.69) is 15.0 Å². The first kappa shape index (κ1) is 13.7. The van der Waals surface area contributed by atoms with Crippen LogP contribution in [0.15, 0.2) is 61.2 Å². The molecule has 1 atom stereocenters. The smallest absolute Gasteiger partial charge is 0.256 e. The molecule has 0 saturated carbocycles. The van der Waals surface area contributed by atoms with E-state index in [1.807, 2.05) is 35.2 Å². The van der Waals surface area contributed by atoms with Crippen molar-refractivity contribution < 1.29 is 4.79 Å². The normalized spacial score (nSPS) is 16.9. The van der Waals surface area contributed by atoms with Gasteiger partial charge >= 0.3 is 0 Å². The molecule has 5 nitrogen and oxygen atoms in total. The number of hydrogen-bond acceptors (Lipinski definition) is 3. The van der Waals surface area contributed by atoms with Gasteiger partial charge in [-0.25, -0.2) is 4.98 Å². The van der Waals surface area contributed by atoms with Gasteiger partial charge in [-0.2, -0.15) is 0 Å². The van der Waals surface area contributed by atoms with Gasteiger partial charge in [-0.3, -0.25) is 9.78 Å². The monoisotopic (exact) mass is 304 g/mol. The summed E-state index contributed by atoms with van der Waals surface area (Å²) >= 11 is 0. The van der Waals surface area contributed by atoms with Crippen molar-refractivity contribution in [3.63, 3.8) is 0 Å². The van der Waals surface area contributed by atoms with Crippen LogP contribution in [0.2, 0.25) is 0 Å². The lowest BCUT2D eigenvalue weighted by atomic mass is 9.95. The fourth-order valence-electron chi connectivity index (χ4n) is 3.12. The molecule has 23 heavy (non-hydrogen) atoms. The Kier molecular flexibility index (Phi) is 3.38. The van der Waals surface area contributed by atoms with Crippen LogP contribution in [-0.2, 0) is 6.42 Å². The molecule has 114 valence electrons. The quantitative estimate of drug-likeness (QED) is 0.791. The van der Waals surface area contributed by atoms with E-state index in [-0.39, 0.29) is 11.9 Å². The van der Waals surface area contributed by atoms with Gasteiger partial charge in [0.1, 0.15) is 6.04 Å². The Bertz CT molecular complexity index is 813. The lowest BCUT2D eigenvalue weighted by Gasteiger charge is -2.35. The van der Waals surface area contributed by atoms with E-state index in [0.717, 1.165) is 23.4 Å². The summed E-state index contributed by atoms with van der Waals surface area (Å²) in [5, 5.41) is 0. The average Bonchev–Trinajstić information content (AvgIpc) is 3.10. The molecule has 3 aromatic rings. The van der Waals surface area contributed by atoms with Crippen LogP contribution in [0.4, 0.5) is 0 Å². The zero-order valence-electron chi connectivity index (χ0n) is 12.5. The van der Waals surface area contributed by atoms with Gasteiger partial charge < -0.3 is 9.88 Å². The summed E-state index contributed by atoms with van der Waals surface area (Å²) in [6.07, 6.45) is 5.78. The van der Waals surface area contributed by atoms with Gasteiger partial charge in [-0.1, -0.05) is 30.3 Å². The summed E-state index contributed by atoms with van der Waals surface area (Å²) < 4.78 is 0. The van der Waals surface area contributed by atoms with E-state index < -0.39 is 0 Å². The number of rotatable bonds is 2. The van der Waals surface area contributed by atoms with Gasteiger partial charge in [0.05, 0.1) is 17.6 Å². The van der Waals surface area contributed by atoms with Gasteiger partial charge in [0.25, 0.3) is 5.91 Å². The summed E-state index contributed by atoms with van der Waals surface area (Å²) in [5.74, 6) is -0.0133. The van der Waals surface area contributed by atoms with E-state index in [4.69, 9.17) is 0 Å². The number of benzene rings is 1. The van der Waals surface area contributed by atoms with Crippen molar-refractivity contribution in [2.45, 2.75) is 12.5 Å². The minimum Gasteiger partial charge on any atom is -0.348 e. The van der Waals surface area contributed by atoms with Crippen LogP contribution < -0.4 is 0 Å². The number of H-pyrrole nitrogens is 1. The molecule has 1 unspecified atom stereocenters. The molecule has 0 spiro atoms. The van der Waals surface area contributed by atoms with Crippen LogP contribution in [0.5, 0.6) is 0 Å². The number of imidazole rings is 1. The third-order valence-electron chi connectivity index (χ3n) is 4.21. The minimum atomic E-state index is -0.168. The van der Waals surface area contributed by atoms with E-state index in [1.54, 1.807) is 30.9 Å². The van der Waals surface area contributed by atoms with Gasteiger partial charge in [-0.15, -0.1) is 0 Å². The fraction of sp³-hybridized carbons (Fsp3) is 0.167. The van der Waals surface area contributed by atoms with Crippen molar-refractivity contribution in [2.75, 3.05) is 6.54 Å². The molecule has 0 aliphatic carbocycles. The molecule has 1 aliphatic rings. The minimum absolute atomic E-state index is 0.0133. The topological polar surface area (TPSA) is 61.9 Å². The average molecular weight is 304 g/mol. The Balaban J connectivity index is 1.78. The lowest BCUT2D eigenvalue weighted by molar-refractivity contribution is 0.0690. The van der Waals surface area contributed by atoms with Crippen LogP contribution in [-0.4, -0.2) is 32.3 Å². The molecule has 0 radical (unpaired) electrons. The highest BCUT2D eigenvalue weighted by Crippen LogP contribution is 2.34. The molecule has 0 saturated heterocycles. The Labute approximate surface area is 134 Å². The Morgan fingerprint density at radius 1 is 1.17 bits per heavy atom. The first-order valence-corrected chi connectivity index (χ1v) is 7.62. The second-order valence-corrected chi connectivity index (χ2v) is 5.57. The van der Waals surface area contributed by atoms with Crippen LogP contribution in [0.1, 0.15) is 33.4 Å². The number of aromatic amines is 1. The summed E-state index contributed by atoms with van der Waals surface area (Å²) in [7, 11) is 0. The number of hydrogen-bond donors (Lipinski definition) is 1. The maximum absolute atomic E-state index is 13.0. The highest BCUT2D eigenvalue weighted by atomic mass is 16.2.